The molecule has 0 spiro atoms. The van der Waals surface area contributed by atoms with Crippen LogP contribution in [0.3, 0.4) is 0 Å². The van der Waals surface area contributed by atoms with Gasteiger partial charge in [-0.25, -0.2) is 4.52 Å². The summed E-state index contributed by atoms with van der Waals surface area (Å²) in [6.07, 6.45) is 7.88. The zero-order valence-corrected chi connectivity index (χ0v) is 6.94. The van der Waals surface area contributed by atoms with E-state index in [1.807, 2.05) is 29.8 Å². The van der Waals surface area contributed by atoms with Crippen LogP contribution >= 0.6 is 0 Å². The van der Waals surface area contributed by atoms with E-state index >= 15 is 0 Å². The largest absolute Gasteiger partial charge is 0.240 e. The maximum atomic E-state index is 4.14. The average molecular weight is 158 g/mol. The zero-order chi connectivity index (χ0) is 8.39. The Bertz CT molecular complexity index is 412. The van der Waals surface area contributed by atoms with E-state index in [0.717, 1.165) is 5.52 Å². The first kappa shape index (κ1) is 7.10. The number of fused-ring (bicyclic) bond motifs is 1. The minimum absolute atomic E-state index is 1.13. The first-order valence-corrected chi connectivity index (χ1v) is 3.96. The molecule has 0 N–H and O–H groups in total. The summed E-state index contributed by atoms with van der Waals surface area (Å²) in [5, 5.41) is 4.14. The van der Waals surface area contributed by atoms with Crippen molar-refractivity contribution < 1.29 is 0 Å². The summed E-state index contributed by atoms with van der Waals surface area (Å²) in [6, 6.07) is 6.12. The smallest absolute Gasteiger partial charge is 0.0661 e. The lowest BCUT2D eigenvalue weighted by Crippen LogP contribution is -1.86. The van der Waals surface area contributed by atoms with Crippen LogP contribution in [-0.2, 0) is 0 Å². The number of hydrogen-bond acceptors (Lipinski definition) is 1. The standard InChI is InChI=1S/C10H10N2/c1-2-3-9-4-5-10-6-7-11-12(10)8-9/h2-8H,1H3. The molecule has 0 saturated heterocycles. The highest BCUT2D eigenvalue weighted by atomic mass is 15.2. The molecule has 0 bridgehead atoms. The fourth-order valence-corrected chi connectivity index (χ4v) is 1.22. The molecule has 0 unspecified atom stereocenters. The molecule has 0 amide bonds. The van der Waals surface area contributed by atoms with Gasteiger partial charge in [-0.15, -0.1) is 0 Å². The average Bonchev–Trinajstić information content (AvgIpc) is 2.51. The Morgan fingerprint density at radius 3 is 3.08 bits per heavy atom. The Morgan fingerprint density at radius 1 is 1.33 bits per heavy atom. The first-order valence-electron chi connectivity index (χ1n) is 3.96. The lowest BCUT2D eigenvalue weighted by Gasteiger charge is -1.94. The molecule has 0 aliphatic heterocycles. The number of rotatable bonds is 1. The van der Waals surface area contributed by atoms with Crippen molar-refractivity contribution in [2.45, 2.75) is 6.92 Å². The topological polar surface area (TPSA) is 17.3 Å². The van der Waals surface area contributed by atoms with E-state index in [2.05, 4.69) is 23.3 Å². The van der Waals surface area contributed by atoms with E-state index in [1.54, 1.807) is 6.20 Å². The van der Waals surface area contributed by atoms with Gasteiger partial charge in [0.2, 0.25) is 0 Å². The molecule has 2 heteroatoms. The van der Waals surface area contributed by atoms with Crippen LogP contribution < -0.4 is 0 Å². The fraction of sp³-hybridized carbons (Fsp3) is 0.100. The maximum absolute atomic E-state index is 4.14. The third-order valence-electron chi connectivity index (χ3n) is 1.78. The predicted molar refractivity (Wildman–Crippen MR) is 49.9 cm³/mol. The number of allylic oxidation sites excluding steroid dienone is 1. The molecule has 0 saturated carbocycles. The van der Waals surface area contributed by atoms with Crippen LogP contribution in [0, 0.1) is 0 Å². The molecular formula is C10H10N2. The van der Waals surface area contributed by atoms with Crippen LogP contribution in [-0.4, -0.2) is 9.61 Å². The van der Waals surface area contributed by atoms with Crippen molar-refractivity contribution >= 4 is 11.6 Å². The van der Waals surface area contributed by atoms with Gasteiger partial charge in [0.25, 0.3) is 0 Å². The lowest BCUT2D eigenvalue weighted by molar-refractivity contribution is 0.959. The number of aromatic nitrogens is 2. The summed E-state index contributed by atoms with van der Waals surface area (Å²) in [6.45, 7) is 2.01. The van der Waals surface area contributed by atoms with Crippen LogP contribution in [0.25, 0.3) is 11.6 Å². The van der Waals surface area contributed by atoms with Gasteiger partial charge in [-0.3, -0.25) is 0 Å². The number of hydrogen-bond donors (Lipinski definition) is 0. The minimum atomic E-state index is 1.13. The second-order valence-electron chi connectivity index (χ2n) is 2.66. The summed E-state index contributed by atoms with van der Waals surface area (Å²) in [4.78, 5) is 0. The molecule has 12 heavy (non-hydrogen) atoms. The second kappa shape index (κ2) is 2.81. The van der Waals surface area contributed by atoms with Crippen LogP contribution in [0.5, 0.6) is 0 Å². The van der Waals surface area contributed by atoms with Gasteiger partial charge in [0.1, 0.15) is 0 Å². The van der Waals surface area contributed by atoms with Gasteiger partial charge in [-0.05, 0) is 24.6 Å². The van der Waals surface area contributed by atoms with Crippen molar-refractivity contribution in [3.05, 3.63) is 42.2 Å². The van der Waals surface area contributed by atoms with Gasteiger partial charge in [-0.1, -0.05) is 18.2 Å². The molecule has 0 aliphatic rings. The van der Waals surface area contributed by atoms with E-state index in [9.17, 15) is 0 Å². The Balaban J connectivity index is 2.60. The van der Waals surface area contributed by atoms with Gasteiger partial charge in [0.15, 0.2) is 0 Å². The van der Waals surface area contributed by atoms with Gasteiger partial charge in [0, 0.05) is 12.4 Å². The number of nitrogens with zero attached hydrogens (tertiary/aromatic N) is 2. The fourth-order valence-electron chi connectivity index (χ4n) is 1.22. The minimum Gasteiger partial charge on any atom is -0.240 e. The normalized spacial score (nSPS) is 11.4. The molecule has 0 radical (unpaired) electrons. The highest BCUT2D eigenvalue weighted by Gasteiger charge is 1.91. The molecule has 0 fully saturated rings. The van der Waals surface area contributed by atoms with Crippen molar-refractivity contribution in [3.8, 4) is 0 Å². The lowest BCUT2D eigenvalue weighted by atomic mass is 10.2. The summed E-state index contributed by atoms with van der Waals surface area (Å²) in [7, 11) is 0. The van der Waals surface area contributed by atoms with E-state index in [1.165, 1.54) is 5.56 Å². The molecule has 0 aliphatic carbocycles. The van der Waals surface area contributed by atoms with Crippen molar-refractivity contribution in [2.75, 3.05) is 0 Å². The van der Waals surface area contributed by atoms with Gasteiger partial charge >= 0.3 is 0 Å². The van der Waals surface area contributed by atoms with Crippen LogP contribution in [0.2, 0.25) is 0 Å². The van der Waals surface area contributed by atoms with E-state index in [0.29, 0.717) is 0 Å². The third-order valence-corrected chi connectivity index (χ3v) is 1.78. The summed E-state index contributed by atoms with van der Waals surface area (Å²) in [5.74, 6) is 0. The summed E-state index contributed by atoms with van der Waals surface area (Å²) in [5.41, 5.74) is 2.30. The highest BCUT2D eigenvalue weighted by Crippen LogP contribution is 2.06. The van der Waals surface area contributed by atoms with Crippen LogP contribution in [0.4, 0.5) is 0 Å². The quantitative estimate of drug-likeness (QED) is 0.622. The monoisotopic (exact) mass is 158 g/mol. The molecule has 60 valence electrons. The summed E-state index contributed by atoms with van der Waals surface area (Å²) >= 11 is 0. The Kier molecular flexibility index (Phi) is 1.67. The van der Waals surface area contributed by atoms with E-state index in [-0.39, 0.29) is 0 Å². The summed E-state index contributed by atoms with van der Waals surface area (Å²) < 4.78 is 1.87. The van der Waals surface area contributed by atoms with Crippen molar-refractivity contribution in [1.29, 1.82) is 0 Å². The molecule has 2 nitrogen and oxygen atoms in total. The Hall–Kier alpha value is -1.57. The first-order chi connectivity index (χ1) is 5.90. The SMILES string of the molecule is CC=Cc1ccc2ccnn2c1. The van der Waals surface area contributed by atoms with E-state index < -0.39 is 0 Å². The predicted octanol–water partition coefficient (Wildman–Crippen LogP) is 2.37. The van der Waals surface area contributed by atoms with Crippen molar-refractivity contribution in [1.82, 2.24) is 9.61 Å². The van der Waals surface area contributed by atoms with Crippen molar-refractivity contribution in [3.63, 3.8) is 0 Å². The van der Waals surface area contributed by atoms with Crippen LogP contribution in [0.15, 0.2) is 36.7 Å². The molecule has 2 aromatic rings. The Labute approximate surface area is 71.1 Å². The molecule has 0 atom stereocenters. The van der Waals surface area contributed by atoms with Gasteiger partial charge < -0.3 is 0 Å². The molecule has 0 aromatic carbocycles. The molecule has 2 rings (SSSR count). The third kappa shape index (κ3) is 1.11. The molecular weight excluding hydrogens is 148 g/mol. The zero-order valence-electron chi connectivity index (χ0n) is 6.94. The molecule has 2 heterocycles. The maximum Gasteiger partial charge on any atom is 0.0661 e. The number of pyridine rings is 1. The van der Waals surface area contributed by atoms with Gasteiger partial charge in [0.05, 0.1) is 5.52 Å². The van der Waals surface area contributed by atoms with Gasteiger partial charge in [-0.2, -0.15) is 5.10 Å². The Morgan fingerprint density at radius 2 is 2.25 bits per heavy atom. The van der Waals surface area contributed by atoms with Crippen molar-refractivity contribution in [2.24, 2.45) is 0 Å². The highest BCUT2D eigenvalue weighted by molar-refractivity contribution is 5.54. The van der Waals surface area contributed by atoms with Crippen LogP contribution in [0.1, 0.15) is 12.5 Å². The molecule has 2 aromatic heterocycles. The van der Waals surface area contributed by atoms with E-state index in [4.69, 9.17) is 0 Å². The second-order valence-corrected chi connectivity index (χ2v) is 2.66.